The van der Waals surface area contributed by atoms with Crippen LogP contribution in [0.3, 0.4) is 0 Å². The Morgan fingerprint density at radius 2 is 1.59 bits per heavy atom. The Morgan fingerprint density at radius 1 is 0.941 bits per heavy atom. The number of fused-ring (bicyclic) bond motifs is 1. The minimum Gasteiger partial charge on any atom is -0.325 e. The number of aromatic nitrogens is 4. The van der Waals surface area contributed by atoms with Crippen molar-refractivity contribution >= 4 is 23.2 Å². The third-order valence-electron chi connectivity index (χ3n) is 5.78. The molecule has 1 aliphatic rings. The smallest absolute Gasteiger partial charge is 0.251 e. The van der Waals surface area contributed by atoms with Crippen molar-refractivity contribution in [2.45, 2.75) is 19.9 Å². The number of nitrogens with zero attached hydrogens (tertiary/aromatic N) is 5. The van der Waals surface area contributed by atoms with E-state index in [0.717, 1.165) is 22.4 Å². The first kappa shape index (κ1) is 21.5. The van der Waals surface area contributed by atoms with Crippen LogP contribution in [0.25, 0.3) is 5.70 Å². The molecular weight excluding hydrogens is 431 g/mol. The first-order valence-corrected chi connectivity index (χ1v) is 10.9. The van der Waals surface area contributed by atoms with E-state index in [4.69, 9.17) is 0 Å². The normalized spacial score (nSPS) is 15.0. The van der Waals surface area contributed by atoms with Crippen molar-refractivity contribution < 1.29 is 9.18 Å². The van der Waals surface area contributed by atoms with Crippen LogP contribution in [0, 0.1) is 19.7 Å². The number of rotatable bonds is 5. The van der Waals surface area contributed by atoms with Crippen LogP contribution in [0.5, 0.6) is 0 Å². The van der Waals surface area contributed by atoms with E-state index in [2.05, 4.69) is 51.2 Å². The summed E-state index contributed by atoms with van der Waals surface area (Å²) in [5.41, 5.74) is 5.65. The molecule has 4 aromatic rings. The average molecular weight is 455 g/mol. The Labute approximate surface area is 196 Å². The molecular formula is C26H23FN6O. The van der Waals surface area contributed by atoms with Crippen LogP contribution in [0.4, 0.5) is 16.0 Å². The fourth-order valence-corrected chi connectivity index (χ4v) is 3.98. The van der Waals surface area contributed by atoms with Crippen molar-refractivity contribution in [3.05, 3.63) is 107 Å². The van der Waals surface area contributed by atoms with Crippen molar-refractivity contribution in [3.8, 4) is 0 Å². The third kappa shape index (κ3) is 4.30. The number of benzene rings is 3. The van der Waals surface area contributed by atoms with E-state index in [-0.39, 0.29) is 24.3 Å². The second-order valence-electron chi connectivity index (χ2n) is 8.34. The van der Waals surface area contributed by atoms with Gasteiger partial charge >= 0.3 is 0 Å². The number of nitrogens with one attached hydrogen (secondary N) is 1. The van der Waals surface area contributed by atoms with Gasteiger partial charge in [-0.15, -0.1) is 0 Å². The van der Waals surface area contributed by atoms with Gasteiger partial charge in [-0.1, -0.05) is 64.8 Å². The van der Waals surface area contributed by atoms with E-state index in [1.807, 2.05) is 38.1 Å². The molecule has 0 aliphatic carbocycles. The molecule has 1 aliphatic heterocycles. The monoisotopic (exact) mass is 454 g/mol. The molecule has 170 valence electrons. The van der Waals surface area contributed by atoms with Gasteiger partial charge in [0.25, 0.3) is 5.95 Å². The maximum atomic E-state index is 13.2. The lowest BCUT2D eigenvalue weighted by Crippen LogP contribution is -2.37. The number of aryl methyl sites for hydroxylation is 2. The van der Waals surface area contributed by atoms with Crippen LogP contribution < -0.4 is 10.2 Å². The molecule has 3 aromatic carbocycles. The highest BCUT2D eigenvalue weighted by atomic mass is 19.1. The van der Waals surface area contributed by atoms with E-state index < -0.39 is 0 Å². The van der Waals surface area contributed by atoms with Crippen molar-refractivity contribution in [1.29, 1.82) is 0 Å². The fourth-order valence-electron chi connectivity index (χ4n) is 3.98. The van der Waals surface area contributed by atoms with E-state index >= 15 is 0 Å². The molecule has 34 heavy (non-hydrogen) atoms. The van der Waals surface area contributed by atoms with Crippen LogP contribution in [-0.2, 0) is 4.79 Å². The van der Waals surface area contributed by atoms with Gasteiger partial charge in [-0.3, -0.25) is 9.69 Å². The molecule has 0 saturated heterocycles. The molecule has 5 rings (SSSR count). The van der Waals surface area contributed by atoms with Gasteiger partial charge in [-0.05, 0) is 65.7 Å². The van der Waals surface area contributed by atoms with Crippen molar-refractivity contribution in [1.82, 2.24) is 20.2 Å². The molecule has 1 aromatic heterocycles. The summed E-state index contributed by atoms with van der Waals surface area (Å²) in [6.45, 7) is 4.06. The van der Waals surface area contributed by atoms with Crippen LogP contribution in [-0.4, -0.2) is 32.7 Å². The maximum absolute atomic E-state index is 13.2. The number of allylic oxidation sites excluding steroid dienone is 1. The molecule has 0 bridgehead atoms. The zero-order chi connectivity index (χ0) is 23.7. The molecule has 0 fully saturated rings. The molecule has 1 N–H and O–H groups in total. The molecule has 1 atom stereocenters. The van der Waals surface area contributed by atoms with Gasteiger partial charge in [-0.2, -0.15) is 4.68 Å². The van der Waals surface area contributed by atoms with Crippen LogP contribution in [0.15, 0.2) is 78.9 Å². The largest absolute Gasteiger partial charge is 0.325 e. The van der Waals surface area contributed by atoms with E-state index in [9.17, 15) is 9.18 Å². The van der Waals surface area contributed by atoms with Gasteiger partial charge in [0.05, 0.1) is 5.70 Å². The first-order chi connectivity index (χ1) is 16.5. The number of tetrazole rings is 1. The Hall–Kier alpha value is -4.33. The Morgan fingerprint density at radius 3 is 2.26 bits per heavy atom. The Kier molecular flexibility index (Phi) is 5.63. The summed E-state index contributed by atoms with van der Waals surface area (Å²) in [6, 6.07) is 21.8. The number of amides is 1. The lowest BCUT2D eigenvalue weighted by Gasteiger charge is -2.32. The van der Waals surface area contributed by atoms with Crippen molar-refractivity contribution in [2.75, 3.05) is 16.8 Å². The molecule has 0 radical (unpaired) electrons. The third-order valence-corrected chi connectivity index (χ3v) is 5.78. The standard InChI is InChI=1S/C26H23FN6O/c1-17-3-7-19(8-4-17)23-15-24(20-9-5-18(2)6-10-20)33-26(29-30-31-33)32(23)16-25(34)28-22-13-11-21(27)12-14-22/h3-15,24H,16H2,1-2H3,(H,28,34)/t24-/m0/s1. The molecule has 1 amide bonds. The second kappa shape index (κ2) is 8.90. The zero-order valence-corrected chi connectivity index (χ0v) is 18.8. The summed E-state index contributed by atoms with van der Waals surface area (Å²) < 4.78 is 15.0. The molecule has 0 spiro atoms. The second-order valence-corrected chi connectivity index (χ2v) is 8.34. The Balaban J connectivity index is 1.53. The number of carbonyl (C=O) groups is 1. The summed E-state index contributed by atoms with van der Waals surface area (Å²) >= 11 is 0. The van der Waals surface area contributed by atoms with Gasteiger partial charge in [0.15, 0.2) is 0 Å². The molecule has 8 heteroatoms. The van der Waals surface area contributed by atoms with Crippen molar-refractivity contribution in [2.24, 2.45) is 0 Å². The van der Waals surface area contributed by atoms with Gasteiger partial charge in [0.1, 0.15) is 18.4 Å². The van der Waals surface area contributed by atoms with Crippen LogP contribution in [0.2, 0.25) is 0 Å². The SMILES string of the molecule is Cc1ccc(C2=C[C@@H](c3ccc(C)cc3)n3nnnc3N2CC(=O)Nc2ccc(F)cc2)cc1. The Bertz CT molecular complexity index is 1340. The van der Waals surface area contributed by atoms with E-state index in [0.29, 0.717) is 11.6 Å². The lowest BCUT2D eigenvalue weighted by atomic mass is 9.99. The number of halogens is 1. The van der Waals surface area contributed by atoms with Gasteiger partial charge < -0.3 is 5.32 Å². The maximum Gasteiger partial charge on any atom is 0.251 e. The van der Waals surface area contributed by atoms with Gasteiger partial charge in [0.2, 0.25) is 5.91 Å². The van der Waals surface area contributed by atoms with E-state index in [1.165, 1.54) is 29.8 Å². The highest BCUT2D eigenvalue weighted by molar-refractivity contribution is 5.97. The summed E-state index contributed by atoms with van der Waals surface area (Å²) in [5, 5.41) is 15.2. The minimum atomic E-state index is -0.361. The van der Waals surface area contributed by atoms with E-state index in [1.54, 1.807) is 9.58 Å². The predicted molar refractivity (Wildman–Crippen MR) is 129 cm³/mol. The van der Waals surface area contributed by atoms with Crippen LogP contribution in [0.1, 0.15) is 28.3 Å². The number of carbonyl (C=O) groups excluding carboxylic acids is 1. The first-order valence-electron chi connectivity index (χ1n) is 10.9. The average Bonchev–Trinajstić information content (AvgIpc) is 3.32. The van der Waals surface area contributed by atoms with Crippen molar-refractivity contribution in [3.63, 3.8) is 0 Å². The quantitative estimate of drug-likeness (QED) is 0.480. The number of hydrogen-bond acceptors (Lipinski definition) is 5. The summed E-state index contributed by atoms with van der Waals surface area (Å²) in [7, 11) is 0. The lowest BCUT2D eigenvalue weighted by molar-refractivity contribution is -0.114. The van der Waals surface area contributed by atoms with Gasteiger partial charge in [0, 0.05) is 5.69 Å². The predicted octanol–water partition coefficient (Wildman–Crippen LogP) is 4.52. The fraction of sp³-hybridized carbons (Fsp3) is 0.154. The zero-order valence-electron chi connectivity index (χ0n) is 18.8. The highest BCUT2D eigenvalue weighted by Crippen LogP contribution is 2.36. The summed E-state index contributed by atoms with van der Waals surface area (Å²) in [6.07, 6.45) is 2.07. The number of anilines is 2. The number of hydrogen-bond donors (Lipinski definition) is 1. The molecule has 2 heterocycles. The minimum absolute atomic E-state index is 0.0158. The summed E-state index contributed by atoms with van der Waals surface area (Å²) in [5.74, 6) is -0.161. The van der Waals surface area contributed by atoms with Gasteiger partial charge in [-0.25, -0.2) is 4.39 Å². The highest BCUT2D eigenvalue weighted by Gasteiger charge is 2.32. The molecule has 0 unspecified atom stereocenters. The van der Waals surface area contributed by atoms with Crippen LogP contribution >= 0.6 is 0 Å². The molecule has 7 nitrogen and oxygen atoms in total. The molecule has 0 saturated carbocycles. The topological polar surface area (TPSA) is 75.9 Å². The summed E-state index contributed by atoms with van der Waals surface area (Å²) in [4.78, 5) is 14.8.